The van der Waals surface area contributed by atoms with Crippen LogP contribution >= 0.6 is 0 Å². The molecule has 1 aromatic heterocycles. The van der Waals surface area contributed by atoms with E-state index in [1.807, 2.05) is 0 Å². The van der Waals surface area contributed by atoms with Crippen molar-refractivity contribution in [3.63, 3.8) is 0 Å². The van der Waals surface area contributed by atoms with E-state index in [4.69, 9.17) is 15.6 Å². The fourth-order valence-electron chi connectivity index (χ4n) is 0.813. The van der Waals surface area contributed by atoms with Crippen LogP contribution in [0.25, 0.3) is 0 Å². The fraction of sp³-hybridized carbons (Fsp3) is 0.125. The summed E-state index contributed by atoms with van der Waals surface area (Å²) in [6.45, 7) is 0. The van der Waals surface area contributed by atoms with Gasteiger partial charge in [0.05, 0.1) is 13.3 Å². The first-order chi connectivity index (χ1) is 6.63. The molecular formula is C8H9N3O3. The molecule has 1 heterocycles. The van der Waals surface area contributed by atoms with Crippen molar-refractivity contribution in [2.45, 2.75) is 0 Å². The number of amidine groups is 1. The van der Waals surface area contributed by atoms with E-state index >= 15 is 0 Å². The number of hydrogen-bond donors (Lipinski definition) is 2. The van der Waals surface area contributed by atoms with Crippen LogP contribution in [0.3, 0.4) is 0 Å². The van der Waals surface area contributed by atoms with Crippen molar-refractivity contribution in [3.8, 4) is 5.75 Å². The fourth-order valence-corrected chi connectivity index (χ4v) is 0.813. The lowest BCUT2D eigenvalue weighted by Gasteiger charge is -2.00. The molecule has 1 aromatic rings. The average molecular weight is 195 g/mol. The van der Waals surface area contributed by atoms with Gasteiger partial charge >= 0.3 is 6.09 Å². The summed E-state index contributed by atoms with van der Waals surface area (Å²) in [4.78, 5) is 17.2. The number of aromatic nitrogens is 1. The number of rotatable bonds is 2. The molecule has 0 saturated carbocycles. The van der Waals surface area contributed by atoms with Gasteiger partial charge in [-0.05, 0) is 12.1 Å². The predicted octanol–water partition coefficient (Wildman–Crippen LogP) is 0.474. The SMILES string of the molecule is COc1ccc(C(N)=NC(=O)O)nc1. The Kier molecular flexibility index (Phi) is 3.01. The Bertz CT molecular complexity index is 359. The lowest BCUT2D eigenvalue weighted by molar-refractivity contribution is 0.205. The molecule has 0 aliphatic heterocycles. The van der Waals surface area contributed by atoms with Gasteiger partial charge in [-0.25, -0.2) is 9.78 Å². The summed E-state index contributed by atoms with van der Waals surface area (Å²) in [5.41, 5.74) is 5.65. The number of pyridine rings is 1. The minimum Gasteiger partial charge on any atom is -0.495 e. The standard InChI is InChI=1S/C8H9N3O3/c1-14-5-2-3-6(10-4-5)7(9)11-8(12)13/h2-4H,1H3,(H2,9,11)(H,12,13). The highest BCUT2D eigenvalue weighted by Crippen LogP contribution is 2.07. The zero-order valence-electron chi connectivity index (χ0n) is 7.47. The van der Waals surface area contributed by atoms with Gasteiger partial charge in [0.2, 0.25) is 0 Å². The molecule has 1 rings (SSSR count). The molecule has 0 unspecified atom stereocenters. The van der Waals surface area contributed by atoms with Crippen LogP contribution in [0.15, 0.2) is 23.3 Å². The van der Waals surface area contributed by atoms with Gasteiger partial charge in [-0.3, -0.25) is 0 Å². The monoisotopic (exact) mass is 195 g/mol. The van der Waals surface area contributed by atoms with E-state index in [-0.39, 0.29) is 5.84 Å². The summed E-state index contributed by atoms with van der Waals surface area (Å²) in [6.07, 6.45) is 0.0830. The van der Waals surface area contributed by atoms with Gasteiger partial charge in [0.25, 0.3) is 0 Å². The minimum absolute atomic E-state index is 0.139. The lowest BCUT2D eigenvalue weighted by Crippen LogP contribution is -2.16. The molecule has 0 atom stereocenters. The van der Waals surface area contributed by atoms with E-state index in [0.29, 0.717) is 11.4 Å². The molecular weight excluding hydrogens is 186 g/mol. The molecule has 74 valence electrons. The number of aliphatic imine (C=N–C) groups is 1. The van der Waals surface area contributed by atoms with Crippen molar-refractivity contribution < 1.29 is 14.6 Å². The van der Waals surface area contributed by atoms with Gasteiger partial charge in [0.1, 0.15) is 11.4 Å². The number of hydrogen-bond acceptors (Lipinski definition) is 3. The van der Waals surface area contributed by atoms with Crippen molar-refractivity contribution in [3.05, 3.63) is 24.0 Å². The van der Waals surface area contributed by atoms with Crippen LogP contribution in [-0.4, -0.2) is 29.1 Å². The molecule has 0 aliphatic rings. The van der Waals surface area contributed by atoms with Crippen molar-refractivity contribution in [1.29, 1.82) is 0 Å². The molecule has 0 aliphatic carbocycles. The Morgan fingerprint density at radius 3 is 2.79 bits per heavy atom. The predicted molar refractivity (Wildman–Crippen MR) is 49.5 cm³/mol. The quantitative estimate of drug-likeness (QED) is 0.528. The second kappa shape index (κ2) is 4.22. The molecule has 3 N–H and O–H groups in total. The summed E-state index contributed by atoms with van der Waals surface area (Å²) >= 11 is 0. The Hall–Kier alpha value is -2.11. The van der Waals surface area contributed by atoms with Gasteiger partial charge in [-0.1, -0.05) is 0 Å². The van der Waals surface area contributed by atoms with Crippen molar-refractivity contribution in [2.24, 2.45) is 10.7 Å². The Morgan fingerprint density at radius 2 is 2.36 bits per heavy atom. The highest BCUT2D eigenvalue weighted by Gasteiger charge is 2.02. The summed E-state index contributed by atoms with van der Waals surface area (Å²) < 4.78 is 4.87. The zero-order chi connectivity index (χ0) is 10.6. The number of carboxylic acid groups (broad SMARTS) is 1. The van der Waals surface area contributed by atoms with E-state index in [0.717, 1.165) is 0 Å². The second-order valence-electron chi connectivity index (χ2n) is 2.36. The maximum Gasteiger partial charge on any atom is 0.433 e. The maximum absolute atomic E-state index is 10.2. The van der Waals surface area contributed by atoms with Gasteiger partial charge in [0.15, 0.2) is 5.84 Å². The Morgan fingerprint density at radius 1 is 1.64 bits per heavy atom. The molecule has 0 aromatic carbocycles. The summed E-state index contributed by atoms with van der Waals surface area (Å²) in [5, 5.41) is 8.33. The largest absolute Gasteiger partial charge is 0.495 e. The van der Waals surface area contributed by atoms with Gasteiger partial charge in [-0.15, -0.1) is 0 Å². The Balaban J connectivity index is 2.92. The first kappa shape index (κ1) is 9.97. The van der Waals surface area contributed by atoms with Crippen LogP contribution in [-0.2, 0) is 0 Å². The minimum atomic E-state index is -1.35. The smallest absolute Gasteiger partial charge is 0.433 e. The first-order valence-corrected chi connectivity index (χ1v) is 3.71. The normalized spacial score (nSPS) is 11.1. The van der Waals surface area contributed by atoms with Crippen LogP contribution in [0, 0.1) is 0 Å². The van der Waals surface area contributed by atoms with E-state index in [1.54, 1.807) is 6.07 Å². The van der Waals surface area contributed by atoms with Crippen LogP contribution in [0.2, 0.25) is 0 Å². The highest BCUT2D eigenvalue weighted by molar-refractivity contribution is 6.00. The third kappa shape index (κ3) is 2.44. The molecule has 14 heavy (non-hydrogen) atoms. The van der Waals surface area contributed by atoms with Gasteiger partial charge in [0, 0.05) is 0 Å². The first-order valence-electron chi connectivity index (χ1n) is 3.71. The zero-order valence-corrected chi connectivity index (χ0v) is 7.47. The lowest BCUT2D eigenvalue weighted by atomic mass is 10.3. The maximum atomic E-state index is 10.2. The third-order valence-corrected chi connectivity index (χ3v) is 1.45. The second-order valence-corrected chi connectivity index (χ2v) is 2.36. The number of ether oxygens (including phenoxy) is 1. The third-order valence-electron chi connectivity index (χ3n) is 1.45. The van der Waals surface area contributed by atoms with Crippen molar-refractivity contribution in [2.75, 3.05) is 7.11 Å². The van der Waals surface area contributed by atoms with Crippen molar-refractivity contribution >= 4 is 11.9 Å². The summed E-state index contributed by atoms with van der Waals surface area (Å²) in [7, 11) is 1.51. The van der Waals surface area contributed by atoms with E-state index in [9.17, 15) is 4.79 Å². The topological polar surface area (TPSA) is 97.8 Å². The molecule has 0 fully saturated rings. The molecule has 0 bridgehead atoms. The number of methoxy groups -OCH3 is 1. The van der Waals surface area contributed by atoms with Crippen LogP contribution < -0.4 is 10.5 Å². The van der Waals surface area contributed by atoms with Crippen LogP contribution in [0.5, 0.6) is 5.75 Å². The Labute approximate surface area is 80.1 Å². The number of nitrogens with zero attached hydrogens (tertiary/aromatic N) is 2. The van der Waals surface area contributed by atoms with E-state index in [2.05, 4.69) is 9.98 Å². The molecule has 0 spiro atoms. The number of amides is 1. The van der Waals surface area contributed by atoms with Crippen molar-refractivity contribution in [1.82, 2.24) is 4.98 Å². The molecule has 0 saturated heterocycles. The molecule has 6 nitrogen and oxygen atoms in total. The number of nitrogens with two attached hydrogens (primary N) is 1. The van der Waals surface area contributed by atoms with Gasteiger partial charge in [-0.2, -0.15) is 4.99 Å². The summed E-state index contributed by atoms with van der Waals surface area (Å²) in [5.74, 6) is 0.428. The summed E-state index contributed by atoms with van der Waals surface area (Å²) in [6, 6.07) is 3.15. The molecule has 6 heteroatoms. The number of carbonyl (C=O) groups is 1. The molecule has 1 amide bonds. The average Bonchev–Trinajstić information content (AvgIpc) is 2.17. The highest BCUT2D eigenvalue weighted by atomic mass is 16.5. The molecule has 0 radical (unpaired) electrons. The van der Waals surface area contributed by atoms with Gasteiger partial charge < -0.3 is 15.6 Å². The van der Waals surface area contributed by atoms with Crippen LogP contribution in [0.1, 0.15) is 5.69 Å². The van der Waals surface area contributed by atoms with E-state index in [1.165, 1.54) is 19.4 Å². The van der Waals surface area contributed by atoms with Crippen LogP contribution in [0.4, 0.5) is 4.79 Å². The van der Waals surface area contributed by atoms with E-state index < -0.39 is 6.09 Å².